The van der Waals surface area contributed by atoms with Crippen LogP contribution >= 0.6 is 0 Å². The number of amides is 2. The normalized spacial score (nSPS) is 10.3. The molecule has 0 aromatic heterocycles. The van der Waals surface area contributed by atoms with E-state index in [1.54, 1.807) is 31.4 Å². The van der Waals surface area contributed by atoms with Gasteiger partial charge in [-0.2, -0.15) is 0 Å². The average Bonchev–Trinajstić information content (AvgIpc) is 2.72. The number of anilines is 1. The number of hydrogen-bond acceptors (Lipinski definition) is 4. The number of nitrogens with one attached hydrogen (secondary N) is 1. The molecular weight excluding hydrogens is 368 g/mol. The van der Waals surface area contributed by atoms with Crippen molar-refractivity contribution in [2.45, 2.75) is 40.2 Å². The van der Waals surface area contributed by atoms with Gasteiger partial charge in [-0.05, 0) is 54.8 Å². The smallest absolute Gasteiger partial charge is 0.254 e. The highest BCUT2D eigenvalue weighted by Gasteiger charge is 2.17. The van der Waals surface area contributed by atoms with Gasteiger partial charge in [0.25, 0.3) is 5.91 Å². The molecule has 0 aliphatic carbocycles. The summed E-state index contributed by atoms with van der Waals surface area (Å²) < 4.78 is 11.2. The molecule has 0 radical (unpaired) electrons. The largest absolute Gasteiger partial charge is 0.493 e. The predicted molar refractivity (Wildman–Crippen MR) is 115 cm³/mol. The van der Waals surface area contributed by atoms with Crippen LogP contribution in [0.3, 0.4) is 0 Å². The Hall–Kier alpha value is -3.02. The second-order valence-electron chi connectivity index (χ2n) is 6.82. The molecule has 1 N–H and O–H groups in total. The third kappa shape index (κ3) is 6.52. The van der Waals surface area contributed by atoms with Crippen LogP contribution in [-0.2, 0) is 11.3 Å². The Morgan fingerprint density at radius 3 is 2.31 bits per heavy atom. The summed E-state index contributed by atoms with van der Waals surface area (Å²) in [6, 6.07) is 12.7. The van der Waals surface area contributed by atoms with Crippen LogP contribution < -0.4 is 14.8 Å². The fourth-order valence-electron chi connectivity index (χ4n) is 2.97. The summed E-state index contributed by atoms with van der Waals surface area (Å²) in [4.78, 5) is 26.0. The van der Waals surface area contributed by atoms with E-state index in [-0.39, 0.29) is 11.8 Å². The van der Waals surface area contributed by atoms with Gasteiger partial charge in [-0.3, -0.25) is 9.59 Å². The number of benzene rings is 2. The van der Waals surface area contributed by atoms with Crippen molar-refractivity contribution in [2.75, 3.05) is 25.6 Å². The minimum absolute atomic E-state index is 0.0495. The molecule has 0 heterocycles. The highest BCUT2D eigenvalue weighted by molar-refractivity contribution is 5.95. The number of rotatable bonds is 10. The minimum atomic E-state index is -0.142. The van der Waals surface area contributed by atoms with E-state index in [1.165, 1.54) is 6.92 Å². The highest BCUT2D eigenvalue weighted by Crippen LogP contribution is 2.29. The van der Waals surface area contributed by atoms with Crippen LogP contribution in [0.2, 0.25) is 0 Å². The summed E-state index contributed by atoms with van der Waals surface area (Å²) in [5, 5.41) is 2.71. The lowest BCUT2D eigenvalue weighted by Gasteiger charge is -2.23. The molecule has 6 heteroatoms. The van der Waals surface area contributed by atoms with E-state index < -0.39 is 0 Å². The molecule has 0 saturated carbocycles. The number of methoxy groups -OCH3 is 1. The Kier molecular flexibility index (Phi) is 8.52. The van der Waals surface area contributed by atoms with Gasteiger partial charge in [0.05, 0.1) is 13.7 Å². The first-order chi connectivity index (χ1) is 14.0. The van der Waals surface area contributed by atoms with Gasteiger partial charge in [0.2, 0.25) is 5.91 Å². The number of ether oxygens (including phenoxy) is 2. The van der Waals surface area contributed by atoms with Crippen molar-refractivity contribution in [1.29, 1.82) is 0 Å². The van der Waals surface area contributed by atoms with Gasteiger partial charge in [-0.1, -0.05) is 19.9 Å². The fourth-order valence-corrected chi connectivity index (χ4v) is 2.97. The Balaban J connectivity index is 2.16. The lowest BCUT2D eigenvalue weighted by Crippen LogP contribution is -2.31. The SMILES string of the molecule is CCCOc1ccc(CN(CCC)C(=O)c2ccc(NC(C)=O)cc2)cc1OC. The van der Waals surface area contributed by atoms with E-state index >= 15 is 0 Å². The van der Waals surface area contributed by atoms with Gasteiger partial charge in [0, 0.05) is 31.3 Å². The first kappa shape index (κ1) is 22.3. The van der Waals surface area contributed by atoms with Gasteiger partial charge >= 0.3 is 0 Å². The van der Waals surface area contributed by atoms with E-state index in [0.717, 1.165) is 18.4 Å². The molecule has 6 nitrogen and oxygen atoms in total. The van der Waals surface area contributed by atoms with Gasteiger partial charge < -0.3 is 19.7 Å². The molecule has 0 atom stereocenters. The van der Waals surface area contributed by atoms with Crippen LogP contribution in [0, 0.1) is 0 Å². The average molecular weight is 399 g/mol. The van der Waals surface area contributed by atoms with Gasteiger partial charge in [0.1, 0.15) is 0 Å². The van der Waals surface area contributed by atoms with Gasteiger partial charge in [-0.15, -0.1) is 0 Å². The molecule has 0 spiro atoms. The van der Waals surface area contributed by atoms with Crippen molar-refractivity contribution >= 4 is 17.5 Å². The molecular formula is C23H30N2O4. The second-order valence-corrected chi connectivity index (χ2v) is 6.82. The zero-order valence-electron chi connectivity index (χ0n) is 17.7. The molecule has 29 heavy (non-hydrogen) atoms. The Morgan fingerprint density at radius 2 is 1.72 bits per heavy atom. The Labute approximate surface area is 172 Å². The van der Waals surface area contributed by atoms with Crippen LogP contribution in [0.25, 0.3) is 0 Å². The standard InChI is InChI=1S/C23H30N2O4/c1-5-13-25(23(27)19-8-10-20(11-9-19)24-17(3)26)16-18-7-12-21(29-14-6-2)22(15-18)28-4/h7-12,15H,5-6,13-14,16H2,1-4H3,(H,24,26). The lowest BCUT2D eigenvalue weighted by molar-refractivity contribution is -0.114. The van der Waals surface area contributed by atoms with Crippen LogP contribution in [-0.4, -0.2) is 37.0 Å². The summed E-state index contributed by atoms with van der Waals surface area (Å²) in [5.74, 6) is 1.18. The lowest BCUT2D eigenvalue weighted by atomic mass is 10.1. The van der Waals surface area contributed by atoms with Crippen molar-refractivity contribution in [3.8, 4) is 11.5 Å². The molecule has 0 aliphatic rings. The summed E-state index contributed by atoms with van der Waals surface area (Å²) in [6.07, 6.45) is 1.77. The first-order valence-corrected chi connectivity index (χ1v) is 9.95. The molecule has 156 valence electrons. The van der Waals surface area contributed by atoms with Crippen molar-refractivity contribution in [2.24, 2.45) is 0 Å². The van der Waals surface area contributed by atoms with Crippen molar-refractivity contribution in [3.05, 3.63) is 53.6 Å². The maximum atomic E-state index is 13.0. The Bertz CT molecular complexity index is 818. The van der Waals surface area contributed by atoms with Crippen LogP contribution in [0.4, 0.5) is 5.69 Å². The summed E-state index contributed by atoms with van der Waals surface area (Å²) >= 11 is 0. The first-order valence-electron chi connectivity index (χ1n) is 9.95. The van der Waals surface area contributed by atoms with Crippen molar-refractivity contribution in [1.82, 2.24) is 4.90 Å². The van der Waals surface area contributed by atoms with Crippen LogP contribution in [0.1, 0.15) is 49.5 Å². The number of hydrogen-bond donors (Lipinski definition) is 1. The van der Waals surface area contributed by atoms with Crippen LogP contribution in [0.5, 0.6) is 11.5 Å². The van der Waals surface area contributed by atoms with E-state index in [9.17, 15) is 9.59 Å². The second kappa shape index (κ2) is 11.1. The van der Waals surface area contributed by atoms with E-state index in [2.05, 4.69) is 12.2 Å². The fraction of sp³-hybridized carbons (Fsp3) is 0.391. The molecule has 2 amide bonds. The summed E-state index contributed by atoms with van der Waals surface area (Å²) in [7, 11) is 1.61. The van der Waals surface area contributed by atoms with Gasteiger partial charge in [-0.25, -0.2) is 0 Å². The molecule has 2 rings (SSSR count). The molecule has 0 aliphatic heterocycles. The molecule has 2 aromatic carbocycles. The molecule has 0 unspecified atom stereocenters. The topological polar surface area (TPSA) is 67.9 Å². The maximum Gasteiger partial charge on any atom is 0.254 e. The molecule has 2 aromatic rings. The maximum absolute atomic E-state index is 13.0. The van der Waals surface area contributed by atoms with E-state index in [4.69, 9.17) is 9.47 Å². The number of nitrogens with zero attached hydrogens (tertiary/aromatic N) is 1. The zero-order chi connectivity index (χ0) is 21.2. The third-order valence-electron chi connectivity index (χ3n) is 4.30. The minimum Gasteiger partial charge on any atom is -0.493 e. The van der Waals surface area contributed by atoms with Gasteiger partial charge in [0.15, 0.2) is 11.5 Å². The monoisotopic (exact) mass is 398 g/mol. The summed E-state index contributed by atoms with van der Waals surface area (Å²) in [6.45, 7) is 7.30. The van der Waals surface area contributed by atoms with Crippen molar-refractivity contribution in [3.63, 3.8) is 0 Å². The van der Waals surface area contributed by atoms with E-state index in [1.807, 2.05) is 30.0 Å². The zero-order valence-corrected chi connectivity index (χ0v) is 17.7. The predicted octanol–water partition coefficient (Wildman–Crippen LogP) is 4.49. The molecule has 0 fully saturated rings. The van der Waals surface area contributed by atoms with Crippen molar-refractivity contribution < 1.29 is 19.1 Å². The van der Waals surface area contributed by atoms with Crippen LogP contribution in [0.15, 0.2) is 42.5 Å². The summed E-state index contributed by atoms with van der Waals surface area (Å²) in [5.41, 5.74) is 2.23. The number of carbonyl (C=O) groups excluding carboxylic acids is 2. The number of carbonyl (C=O) groups is 2. The molecule has 0 bridgehead atoms. The highest BCUT2D eigenvalue weighted by atomic mass is 16.5. The third-order valence-corrected chi connectivity index (χ3v) is 4.30. The quantitative estimate of drug-likeness (QED) is 0.640. The molecule has 0 saturated heterocycles. The van der Waals surface area contributed by atoms with E-state index in [0.29, 0.717) is 42.4 Å². The Morgan fingerprint density at radius 1 is 1.00 bits per heavy atom.